The lowest BCUT2D eigenvalue weighted by molar-refractivity contribution is -0.137. The maximum absolute atomic E-state index is 15.2. The maximum Gasteiger partial charge on any atom is 0.244 e. The molecule has 0 radical (unpaired) electrons. The Hall–Kier alpha value is -2.49. The summed E-state index contributed by atoms with van der Waals surface area (Å²) in [4.78, 5) is 19.4. The fourth-order valence-electron chi connectivity index (χ4n) is 4.98. The molecule has 2 aromatic carbocycles. The standard InChI is InChI=1S/C28H41FN4O3S/c1-5-16-33(17-6-2)37(35,36)24-14-15-26(25(29)22-24)31-18-20-32(21-19-31)27(23-12-10-9-11-13-23)28(34)30(7-3)8-4/h9-15,22,27H,5-8,16-21H2,1-4H3. The van der Waals surface area contributed by atoms with E-state index >= 15 is 4.39 Å². The largest absolute Gasteiger partial charge is 0.367 e. The van der Waals surface area contributed by atoms with Gasteiger partial charge in [-0.25, -0.2) is 12.8 Å². The molecule has 0 spiro atoms. The van der Waals surface area contributed by atoms with Gasteiger partial charge in [0.1, 0.15) is 11.9 Å². The fraction of sp³-hybridized carbons (Fsp3) is 0.536. The van der Waals surface area contributed by atoms with Crippen molar-refractivity contribution in [2.45, 2.75) is 51.5 Å². The molecular formula is C28H41FN4O3S. The van der Waals surface area contributed by atoms with Crippen LogP contribution in [0.25, 0.3) is 0 Å². The molecule has 7 nitrogen and oxygen atoms in total. The Bertz CT molecular complexity index is 1110. The molecule has 1 fully saturated rings. The van der Waals surface area contributed by atoms with Gasteiger partial charge < -0.3 is 9.80 Å². The number of anilines is 1. The van der Waals surface area contributed by atoms with Gasteiger partial charge in [-0.15, -0.1) is 0 Å². The molecule has 0 aliphatic carbocycles. The highest BCUT2D eigenvalue weighted by atomic mass is 32.2. The van der Waals surface area contributed by atoms with Crippen molar-refractivity contribution in [3.8, 4) is 0 Å². The highest BCUT2D eigenvalue weighted by Gasteiger charge is 2.33. The molecule has 37 heavy (non-hydrogen) atoms. The van der Waals surface area contributed by atoms with Crippen molar-refractivity contribution >= 4 is 21.6 Å². The number of carbonyl (C=O) groups excluding carboxylic acids is 1. The van der Waals surface area contributed by atoms with Crippen molar-refractivity contribution in [1.82, 2.24) is 14.1 Å². The highest BCUT2D eigenvalue weighted by molar-refractivity contribution is 7.89. The highest BCUT2D eigenvalue weighted by Crippen LogP contribution is 2.29. The van der Waals surface area contributed by atoms with E-state index in [-0.39, 0.29) is 16.8 Å². The SMILES string of the molecule is CCCN(CCC)S(=O)(=O)c1ccc(N2CCN(C(C(=O)N(CC)CC)c3ccccc3)CC2)c(F)c1. The minimum atomic E-state index is -3.74. The van der Waals surface area contributed by atoms with Crippen LogP contribution in [0.5, 0.6) is 0 Å². The van der Waals surface area contributed by atoms with Gasteiger partial charge in [0.25, 0.3) is 0 Å². The zero-order valence-corrected chi connectivity index (χ0v) is 23.4. The minimum Gasteiger partial charge on any atom is -0.367 e. The zero-order valence-electron chi connectivity index (χ0n) is 22.6. The molecule has 1 aliphatic heterocycles. The second-order valence-corrected chi connectivity index (χ2v) is 11.3. The van der Waals surface area contributed by atoms with Crippen molar-refractivity contribution in [3.63, 3.8) is 0 Å². The van der Waals surface area contributed by atoms with E-state index < -0.39 is 15.8 Å². The van der Waals surface area contributed by atoms with Crippen LogP contribution in [0.3, 0.4) is 0 Å². The van der Waals surface area contributed by atoms with Crippen molar-refractivity contribution in [1.29, 1.82) is 0 Å². The monoisotopic (exact) mass is 532 g/mol. The maximum atomic E-state index is 15.2. The number of piperazine rings is 1. The summed E-state index contributed by atoms with van der Waals surface area (Å²) in [5.41, 5.74) is 1.35. The minimum absolute atomic E-state index is 0.0109. The van der Waals surface area contributed by atoms with E-state index in [1.807, 2.05) is 67.8 Å². The van der Waals surface area contributed by atoms with Gasteiger partial charge >= 0.3 is 0 Å². The number of hydrogen-bond acceptors (Lipinski definition) is 5. The molecule has 1 saturated heterocycles. The van der Waals surface area contributed by atoms with Crippen LogP contribution in [0.2, 0.25) is 0 Å². The van der Waals surface area contributed by atoms with Crippen LogP contribution in [0.15, 0.2) is 53.4 Å². The van der Waals surface area contributed by atoms with Crippen LogP contribution in [0.1, 0.15) is 52.1 Å². The first-order valence-corrected chi connectivity index (χ1v) is 14.8. The predicted octanol–water partition coefficient (Wildman–Crippen LogP) is 4.37. The third-order valence-electron chi connectivity index (χ3n) is 6.95. The molecule has 2 aromatic rings. The third kappa shape index (κ3) is 6.69. The Balaban J connectivity index is 1.78. The van der Waals surface area contributed by atoms with Crippen LogP contribution in [0, 0.1) is 5.82 Å². The first-order valence-electron chi connectivity index (χ1n) is 13.4. The van der Waals surface area contributed by atoms with Gasteiger partial charge in [0, 0.05) is 52.4 Å². The fourth-order valence-corrected chi connectivity index (χ4v) is 6.62. The Morgan fingerprint density at radius 2 is 1.51 bits per heavy atom. The normalized spacial score (nSPS) is 15.7. The number of hydrogen-bond donors (Lipinski definition) is 0. The van der Waals surface area contributed by atoms with Gasteiger partial charge in [-0.3, -0.25) is 9.69 Å². The Morgan fingerprint density at radius 3 is 2.03 bits per heavy atom. The van der Waals surface area contributed by atoms with Crippen LogP contribution >= 0.6 is 0 Å². The van der Waals surface area contributed by atoms with Crippen molar-refractivity contribution in [2.75, 3.05) is 57.3 Å². The molecule has 3 rings (SSSR count). The third-order valence-corrected chi connectivity index (χ3v) is 8.84. The molecule has 1 heterocycles. The van der Waals surface area contributed by atoms with Crippen LogP contribution in [0.4, 0.5) is 10.1 Å². The molecule has 0 N–H and O–H groups in total. The van der Waals surface area contributed by atoms with Crippen molar-refractivity contribution in [3.05, 3.63) is 59.9 Å². The van der Waals surface area contributed by atoms with E-state index in [1.165, 1.54) is 10.4 Å². The van der Waals surface area contributed by atoms with Crippen molar-refractivity contribution < 1.29 is 17.6 Å². The number of sulfonamides is 1. The lowest BCUT2D eigenvalue weighted by Gasteiger charge is -2.41. The summed E-state index contributed by atoms with van der Waals surface area (Å²) in [6.07, 6.45) is 1.40. The number of amides is 1. The smallest absolute Gasteiger partial charge is 0.244 e. The van der Waals surface area contributed by atoms with Crippen LogP contribution < -0.4 is 4.90 Å². The number of nitrogens with zero attached hydrogens (tertiary/aromatic N) is 4. The molecule has 1 amide bonds. The molecule has 9 heteroatoms. The molecular weight excluding hydrogens is 491 g/mol. The average Bonchev–Trinajstić information content (AvgIpc) is 2.90. The zero-order chi connectivity index (χ0) is 27.0. The van der Waals surface area contributed by atoms with Gasteiger partial charge in [0.15, 0.2) is 0 Å². The van der Waals surface area contributed by atoms with E-state index in [4.69, 9.17) is 0 Å². The summed E-state index contributed by atoms with van der Waals surface area (Å²) in [6.45, 7) is 12.2. The van der Waals surface area contributed by atoms with E-state index in [2.05, 4.69) is 4.90 Å². The van der Waals surface area contributed by atoms with Gasteiger partial charge in [0.2, 0.25) is 15.9 Å². The molecule has 0 bridgehead atoms. The molecule has 1 unspecified atom stereocenters. The Kier molecular flexibility index (Phi) is 10.5. The predicted molar refractivity (Wildman–Crippen MR) is 147 cm³/mol. The summed E-state index contributed by atoms with van der Waals surface area (Å²) in [5, 5.41) is 0. The summed E-state index contributed by atoms with van der Waals surface area (Å²) in [5.74, 6) is -0.463. The first-order chi connectivity index (χ1) is 17.8. The van der Waals surface area contributed by atoms with Gasteiger partial charge in [-0.05, 0) is 50.5 Å². The summed E-state index contributed by atoms with van der Waals surface area (Å²) in [7, 11) is -3.74. The average molecular weight is 533 g/mol. The van der Waals surface area contributed by atoms with E-state index in [0.717, 1.165) is 11.6 Å². The number of carbonyl (C=O) groups is 1. The molecule has 1 atom stereocenters. The van der Waals surface area contributed by atoms with Crippen molar-refractivity contribution in [2.24, 2.45) is 0 Å². The second kappa shape index (κ2) is 13.3. The summed E-state index contributed by atoms with van der Waals surface area (Å²) in [6, 6.07) is 13.6. The topological polar surface area (TPSA) is 64.2 Å². The lowest BCUT2D eigenvalue weighted by atomic mass is 10.0. The number of rotatable bonds is 12. The quantitative estimate of drug-likeness (QED) is 0.406. The van der Waals surface area contributed by atoms with Crippen LogP contribution in [-0.4, -0.2) is 80.8 Å². The van der Waals surface area contributed by atoms with Gasteiger partial charge in [-0.2, -0.15) is 4.31 Å². The molecule has 1 aliphatic rings. The van der Waals surface area contributed by atoms with Gasteiger partial charge in [0.05, 0.1) is 10.6 Å². The lowest BCUT2D eigenvalue weighted by Crippen LogP contribution is -2.52. The molecule has 0 aromatic heterocycles. The number of likely N-dealkylation sites (N-methyl/N-ethyl adjacent to an activating group) is 1. The molecule has 204 valence electrons. The number of halogens is 1. The Labute approximate surface area is 221 Å². The number of benzene rings is 2. The summed E-state index contributed by atoms with van der Waals surface area (Å²) >= 11 is 0. The van der Waals surface area contributed by atoms with Crippen LogP contribution in [-0.2, 0) is 14.8 Å². The van der Waals surface area contributed by atoms with E-state index in [9.17, 15) is 13.2 Å². The van der Waals surface area contributed by atoms with E-state index in [0.29, 0.717) is 70.9 Å². The van der Waals surface area contributed by atoms with Gasteiger partial charge in [-0.1, -0.05) is 44.2 Å². The van der Waals surface area contributed by atoms with E-state index in [1.54, 1.807) is 6.07 Å². The second-order valence-electron chi connectivity index (χ2n) is 9.36. The summed E-state index contributed by atoms with van der Waals surface area (Å²) < 4.78 is 42.8. The first kappa shape index (κ1) is 29.1. The Morgan fingerprint density at radius 1 is 0.919 bits per heavy atom. The molecule has 0 saturated carbocycles.